The first-order valence-electron chi connectivity index (χ1n) is 6.10. The number of aliphatic hydroxyl groups is 1. The van der Waals surface area contributed by atoms with Crippen molar-refractivity contribution in [3.63, 3.8) is 0 Å². The molecule has 0 amide bonds. The van der Waals surface area contributed by atoms with Gasteiger partial charge in [0, 0.05) is 11.6 Å². The Bertz CT molecular complexity index is 413. The van der Waals surface area contributed by atoms with Crippen molar-refractivity contribution in [2.45, 2.75) is 38.8 Å². The Morgan fingerprint density at radius 2 is 1.89 bits per heavy atom. The Hall–Kier alpha value is -1.17. The molecule has 0 bridgehead atoms. The molecule has 1 aromatic rings. The van der Waals surface area contributed by atoms with Crippen LogP contribution in [0.4, 0.5) is 5.69 Å². The van der Waals surface area contributed by atoms with Gasteiger partial charge >= 0.3 is 0 Å². The van der Waals surface area contributed by atoms with Gasteiger partial charge in [0.15, 0.2) is 0 Å². The fraction of sp³-hybridized carbons (Fsp3) is 0.538. The molecule has 0 aliphatic carbocycles. The molecule has 108 valence electrons. The summed E-state index contributed by atoms with van der Waals surface area (Å²) in [6.45, 7) is 4.12. The fourth-order valence-electron chi connectivity index (χ4n) is 1.83. The smallest absolute Gasteiger partial charge is 0.274 e. The van der Waals surface area contributed by atoms with E-state index >= 15 is 0 Å². The molecular weight excluding hydrogens is 268 g/mol. The molecule has 0 radical (unpaired) electrons. The Morgan fingerprint density at radius 3 is 2.42 bits per heavy atom. The number of nitro groups is 1. The summed E-state index contributed by atoms with van der Waals surface area (Å²) in [6, 6.07) is 5.57. The summed E-state index contributed by atoms with van der Waals surface area (Å²) in [5.74, 6) is 0.470. The van der Waals surface area contributed by atoms with Crippen molar-refractivity contribution in [1.82, 2.24) is 0 Å². The van der Waals surface area contributed by atoms with E-state index in [0.717, 1.165) is 6.42 Å². The van der Waals surface area contributed by atoms with Crippen molar-refractivity contribution in [2.75, 3.05) is 0 Å². The second kappa shape index (κ2) is 8.09. The maximum absolute atomic E-state index is 10.9. The molecule has 5 nitrogen and oxygen atoms in total. The highest BCUT2D eigenvalue weighted by atomic mass is 35.5. The van der Waals surface area contributed by atoms with Crippen molar-refractivity contribution in [3.8, 4) is 0 Å². The van der Waals surface area contributed by atoms with E-state index in [-0.39, 0.29) is 18.1 Å². The van der Waals surface area contributed by atoms with Crippen LogP contribution in [0.15, 0.2) is 24.3 Å². The summed E-state index contributed by atoms with van der Waals surface area (Å²) in [5.41, 5.74) is 6.26. The molecule has 0 aliphatic heterocycles. The Balaban J connectivity index is 0.00000324. The topological polar surface area (TPSA) is 89.4 Å². The van der Waals surface area contributed by atoms with E-state index in [2.05, 4.69) is 13.8 Å². The van der Waals surface area contributed by atoms with Crippen molar-refractivity contribution in [2.24, 2.45) is 11.7 Å². The van der Waals surface area contributed by atoms with Crippen LogP contribution in [0.5, 0.6) is 0 Å². The largest absolute Gasteiger partial charge is 0.391 e. The molecule has 0 heterocycles. The van der Waals surface area contributed by atoms with Gasteiger partial charge in [0.2, 0.25) is 0 Å². The molecule has 0 aliphatic rings. The first-order valence-corrected chi connectivity index (χ1v) is 6.10. The van der Waals surface area contributed by atoms with Gasteiger partial charge in [0.25, 0.3) is 5.69 Å². The van der Waals surface area contributed by atoms with E-state index in [4.69, 9.17) is 5.73 Å². The third-order valence-electron chi connectivity index (χ3n) is 2.95. The van der Waals surface area contributed by atoms with E-state index in [9.17, 15) is 15.2 Å². The predicted octanol–water partition coefficient (Wildman–Crippen LogP) is 2.81. The van der Waals surface area contributed by atoms with Crippen LogP contribution in [-0.4, -0.2) is 16.1 Å². The van der Waals surface area contributed by atoms with Gasteiger partial charge in [0.05, 0.1) is 17.1 Å². The number of para-hydroxylation sites is 1. The second-order valence-corrected chi connectivity index (χ2v) is 4.88. The Kier molecular flexibility index (Phi) is 7.59. The van der Waals surface area contributed by atoms with E-state index < -0.39 is 17.1 Å². The SMILES string of the molecule is CC(C)CC[C@H](O)[C@H](N)c1ccccc1[N+](=O)[O-].Cl. The lowest BCUT2D eigenvalue weighted by Crippen LogP contribution is -2.27. The molecular formula is C13H21ClN2O3. The first kappa shape index (κ1) is 17.8. The van der Waals surface area contributed by atoms with Gasteiger partial charge in [0.1, 0.15) is 0 Å². The van der Waals surface area contributed by atoms with Gasteiger partial charge in [-0.3, -0.25) is 10.1 Å². The lowest BCUT2D eigenvalue weighted by molar-refractivity contribution is -0.385. The molecule has 6 heteroatoms. The van der Waals surface area contributed by atoms with Gasteiger partial charge in [-0.2, -0.15) is 0 Å². The third-order valence-corrected chi connectivity index (χ3v) is 2.95. The lowest BCUT2D eigenvalue weighted by Gasteiger charge is -2.19. The number of hydrogen-bond donors (Lipinski definition) is 2. The van der Waals surface area contributed by atoms with Crippen molar-refractivity contribution >= 4 is 18.1 Å². The summed E-state index contributed by atoms with van der Waals surface area (Å²) in [4.78, 5) is 10.4. The summed E-state index contributed by atoms with van der Waals surface area (Å²) in [6.07, 6.45) is 0.633. The standard InChI is InChI=1S/C13H20N2O3.ClH/c1-9(2)7-8-12(16)13(14)10-5-3-4-6-11(10)15(17)18;/h3-6,9,12-13,16H,7-8,14H2,1-2H3;1H/t12-,13+;/m0./s1. The van der Waals surface area contributed by atoms with Crippen LogP contribution >= 0.6 is 12.4 Å². The maximum Gasteiger partial charge on any atom is 0.274 e. The highest BCUT2D eigenvalue weighted by Crippen LogP contribution is 2.27. The molecule has 3 N–H and O–H groups in total. The van der Waals surface area contributed by atoms with Crippen LogP contribution < -0.4 is 5.73 Å². The van der Waals surface area contributed by atoms with Crippen LogP contribution in [0, 0.1) is 16.0 Å². The molecule has 1 aromatic carbocycles. The zero-order valence-electron chi connectivity index (χ0n) is 11.2. The monoisotopic (exact) mass is 288 g/mol. The van der Waals surface area contributed by atoms with E-state index in [1.165, 1.54) is 6.07 Å². The molecule has 0 spiro atoms. The minimum atomic E-state index is -0.756. The minimum absolute atomic E-state index is 0. The zero-order valence-corrected chi connectivity index (χ0v) is 12.0. The van der Waals surface area contributed by atoms with Crippen molar-refractivity contribution in [3.05, 3.63) is 39.9 Å². The highest BCUT2D eigenvalue weighted by molar-refractivity contribution is 5.85. The molecule has 0 saturated carbocycles. The lowest BCUT2D eigenvalue weighted by atomic mass is 9.95. The van der Waals surface area contributed by atoms with E-state index in [1.54, 1.807) is 18.2 Å². The summed E-state index contributed by atoms with van der Waals surface area (Å²) < 4.78 is 0. The summed E-state index contributed by atoms with van der Waals surface area (Å²) in [5, 5.41) is 20.9. The van der Waals surface area contributed by atoms with Gasteiger partial charge in [-0.1, -0.05) is 32.0 Å². The van der Waals surface area contributed by atoms with Gasteiger partial charge in [-0.15, -0.1) is 12.4 Å². The molecule has 0 fully saturated rings. The molecule has 1 rings (SSSR count). The summed E-state index contributed by atoms with van der Waals surface area (Å²) >= 11 is 0. The molecule has 2 atom stereocenters. The zero-order chi connectivity index (χ0) is 13.7. The van der Waals surface area contributed by atoms with E-state index in [0.29, 0.717) is 17.9 Å². The first-order chi connectivity index (χ1) is 8.43. The van der Waals surface area contributed by atoms with E-state index in [1.807, 2.05) is 0 Å². The van der Waals surface area contributed by atoms with Crippen LogP contribution in [0.2, 0.25) is 0 Å². The second-order valence-electron chi connectivity index (χ2n) is 4.88. The number of nitro benzene ring substituents is 1. The highest BCUT2D eigenvalue weighted by Gasteiger charge is 2.24. The number of hydrogen-bond acceptors (Lipinski definition) is 4. The number of nitrogens with zero attached hydrogens (tertiary/aromatic N) is 1. The quantitative estimate of drug-likeness (QED) is 0.622. The molecule has 0 saturated heterocycles. The molecule has 19 heavy (non-hydrogen) atoms. The average molecular weight is 289 g/mol. The average Bonchev–Trinajstić information content (AvgIpc) is 2.34. The molecule has 0 aromatic heterocycles. The van der Waals surface area contributed by atoms with Crippen LogP contribution in [0.25, 0.3) is 0 Å². The van der Waals surface area contributed by atoms with Gasteiger partial charge in [-0.05, 0) is 18.8 Å². The number of benzene rings is 1. The maximum atomic E-state index is 10.9. The number of rotatable bonds is 6. The van der Waals surface area contributed by atoms with Crippen LogP contribution in [0.3, 0.4) is 0 Å². The Morgan fingerprint density at radius 1 is 1.32 bits per heavy atom. The number of aliphatic hydroxyl groups excluding tert-OH is 1. The van der Waals surface area contributed by atoms with Gasteiger partial charge < -0.3 is 10.8 Å². The normalized spacial score (nSPS) is 13.7. The van der Waals surface area contributed by atoms with Crippen LogP contribution in [-0.2, 0) is 0 Å². The number of halogens is 1. The van der Waals surface area contributed by atoms with Gasteiger partial charge in [-0.25, -0.2) is 0 Å². The molecule has 0 unspecified atom stereocenters. The third kappa shape index (κ3) is 5.14. The fourth-order valence-corrected chi connectivity index (χ4v) is 1.83. The van der Waals surface area contributed by atoms with Crippen LogP contribution in [0.1, 0.15) is 38.3 Å². The summed E-state index contributed by atoms with van der Waals surface area (Å²) in [7, 11) is 0. The Labute approximate surface area is 119 Å². The van der Waals surface area contributed by atoms with Crippen molar-refractivity contribution in [1.29, 1.82) is 0 Å². The number of nitrogens with two attached hydrogens (primary N) is 1. The minimum Gasteiger partial charge on any atom is -0.391 e. The predicted molar refractivity (Wildman–Crippen MR) is 77.4 cm³/mol. The van der Waals surface area contributed by atoms with Crippen molar-refractivity contribution < 1.29 is 10.0 Å².